The molecule has 8 aliphatic rings. The van der Waals surface area contributed by atoms with Crippen LogP contribution in [0.3, 0.4) is 0 Å². The lowest BCUT2D eigenvalue weighted by molar-refractivity contribution is -0.356. The van der Waals surface area contributed by atoms with Gasteiger partial charge in [-0.25, -0.2) is 4.79 Å². The molecule has 4 heterocycles. The molecule has 7 fully saturated rings. The Morgan fingerprint density at radius 1 is 0.679 bits per heavy atom. The molecule has 0 spiro atoms. The summed E-state index contributed by atoms with van der Waals surface area (Å²) in [6.07, 6.45) is -5.94. The number of hydrogen-bond donors (Lipinski definition) is 6. The van der Waals surface area contributed by atoms with Gasteiger partial charge >= 0.3 is 5.97 Å². The van der Waals surface area contributed by atoms with Crippen molar-refractivity contribution in [2.24, 2.45) is 16.7 Å². The highest BCUT2D eigenvalue weighted by molar-refractivity contribution is 5.87. The summed E-state index contributed by atoms with van der Waals surface area (Å²) in [4.78, 5) is 13.6. The van der Waals surface area contributed by atoms with Crippen LogP contribution in [0.5, 0.6) is 0 Å². The molecule has 20 nitrogen and oxygen atoms in total. The zero-order chi connectivity index (χ0) is 56.3. The number of methoxy groups -OCH3 is 4. The minimum Gasteiger partial charge on any atom is -0.458 e. The van der Waals surface area contributed by atoms with Crippen molar-refractivity contribution < 1.29 is 97.0 Å². The Balaban J connectivity index is 0.809. The van der Waals surface area contributed by atoms with Gasteiger partial charge in [0.15, 0.2) is 25.2 Å². The second kappa shape index (κ2) is 23.6. The summed E-state index contributed by atoms with van der Waals surface area (Å²) in [5.74, 6) is -1.21. The monoisotopic (exact) mass is 1100 g/mol. The molecule has 0 amide bonds. The first-order valence-electron chi connectivity index (χ1n) is 28.2. The van der Waals surface area contributed by atoms with E-state index in [0.717, 1.165) is 11.1 Å². The molecule has 9 rings (SSSR count). The largest absolute Gasteiger partial charge is 0.458 e. The first kappa shape index (κ1) is 60.1. The molecule has 3 saturated carbocycles. The van der Waals surface area contributed by atoms with Gasteiger partial charge in [-0.05, 0) is 96.6 Å². The van der Waals surface area contributed by atoms with Gasteiger partial charge in [-0.1, -0.05) is 55.8 Å². The van der Waals surface area contributed by atoms with Crippen LogP contribution in [0.25, 0.3) is 6.08 Å². The van der Waals surface area contributed by atoms with Gasteiger partial charge in [0.25, 0.3) is 0 Å². The standard InChI is InChI=1S/C58H88O20/c1-30-47(61)52(69-11)48(62)53(73-30)78-51-33(4)72-46(28-40(51)68-10)77-50-32(3)71-45(27-39(50)67-9)76-49-31(2)70-44(26-38(49)66-8)74-37-20-21-54(6)36(25-37)19-22-57(64)41(54)29-42(75-43(60)18-17-35-15-13-12-14-16-35)55(7)56(63,34(5)59)23-24-58(55,57)65/h12-19,30-34,37-42,44-53,59,61-65H,20-29H2,1-11H3/b18-17+/t30-,31-,32-,33-,34+,37+,38+,39+,40-,41-,42-,44+,45+,46+,47-,48-,49-,50-,51-,52+,53+,54+,55-,56-,57+,58-/m1/s1. The number of aliphatic hydroxyl groups excluding tert-OH is 3. The molecule has 4 aliphatic carbocycles. The van der Waals surface area contributed by atoms with E-state index in [0.29, 0.717) is 38.5 Å². The Morgan fingerprint density at radius 2 is 1.23 bits per heavy atom. The van der Waals surface area contributed by atoms with E-state index in [2.05, 4.69) is 6.92 Å². The lowest BCUT2D eigenvalue weighted by atomic mass is 9.42. The van der Waals surface area contributed by atoms with Crippen LogP contribution >= 0.6 is 0 Å². The number of aliphatic hydroxyl groups is 6. The molecule has 440 valence electrons. The van der Waals surface area contributed by atoms with Gasteiger partial charge in [0.2, 0.25) is 0 Å². The predicted molar refractivity (Wildman–Crippen MR) is 278 cm³/mol. The lowest BCUT2D eigenvalue weighted by Gasteiger charge is -2.67. The maximum absolute atomic E-state index is 13.6. The molecule has 0 aromatic heterocycles. The average Bonchev–Trinajstić information content (AvgIpc) is 2.85. The second-order valence-electron chi connectivity index (χ2n) is 23.9. The van der Waals surface area contributed by atoms with Gasteiger partial charge in [0, 0.05) is 59.7 Å². The van der Waals surface area contributed by atoms with Crippen molar-refractivity contribution >= 4 is 12.0 Å². The first-order chi connectivity index (χ1) is 37.0. The molecule has 26 atom stereocenters. The SMILES string of the molecule is CO[C@@H]1[C@@H](O)[C@H](O[C@@H]2[C@@H](C)O[C@@H](O[C@H]3[C@@H](OC)C[C@H](O[C@H]4[C@@H](OC)C[C@H](O[C@H]5CC[C@@]6(C)C(=CC[C@]7(O)[C@@H]6C[C@@H](OC(=O)/C=C/c6ccccc6)[C@@]6(C)[C@]7(O)CC[C@@]6(O)[C@H](C)O)C5)O[C@@H]4C)O[C@@H]3C)C[C@H]2OC)O[C@H](C)[C@H]1O. The molecule has 0 bridgehead atoms. The van der Waals surface area contributed by atoms with Crippen LogP contribution in [-0.2, 0) is 66.4 Å². The molecule has 4 aliphatic heterocycles. The van der Waals surface area contributed by atoms with Crippen molar-refractivity contribution in [3.63, 3.8) is 0 Å². The summed E-state index contributed by atoms with van der Waals surface area (Å²) in [5.41, 5.74) is -5.84. The Labute approximate surface area is 458 Å². The minimum atomic E-state index is -1.92. The van der Waals surface area contributed by atoms with E-state index in [1.807, 2.05) is 57.2 Å². The fourth-order valence-corrected chi connectivity index (χ4v) is 15.2. The van der Waals surface area contributed by atoms with Gasteiger partial charge in [-0.3, -0.25) is 0 Å². The van der Waals surface area contributed by atoms with E-state index < -0.39 is 156 Å². The van der Waals surface area contributed by atoms with Gasteiger partial charge < -0.3 is 92.2 Å². The summed E-state index contributed by atoms with van der Waals surface area (Å²) >= 11 is 0. The third-order valence-electron chi connectivity index (χ3n) is 19.8. The number of carbonyl (C=O) groups is 1. The average molecular weight is 1110 g/mol. The quantitative estimate of drug-likeness (QED) is 0.0777. The van der Waals surface area contributed by atoms with Gasteiger partial charge in [0.1, 0.15) is 59.5 Å². The fraction of sp³-hybridized carbons (Fsp3) is 0.810. The Morgan fingerprint density at radius 3 is 1.77 bits per heavy atom. The summed E-state index contributed by atoms with van der Waals surface area (Å²) in [6.45, 7) is 12.6. The summed E-state index contributed by atoms with van der Waals surface area (Å²) in [7, 11) is 6.25. The van der Waals surface area contributed by atoms with Crippen LogP contribution in [0.1, 0.15) is 118 Å². The molecule has 0 unspecified atom stereocenters. The van der Waals surface area contributed by atoms with E-state index in [4.69, 9.17) is 61.6 Å². The topological polar surface area (TPSA) is 258 Å². The molecule has 1 aromatic rings. The lowest BCUT2D eigenvalue weighted by Crippen LogP contribution is -2.78. The molecule has 78 heavy (non-hydrogen) atoms. The number of benzene rings is 1. The maximum Gasteiger partial charge on any atom is 0.331 e. The van der Waals surface area contributed by atoms with E-state index in [1.54, 1.807) is 41.3 Å². The van der Waals surface area contributed by atoms with Gasteiger partial charge in [-0.2, -0.15) is 0 Å². The highest BCUT2D eigenvalue weighted by Crippen LogP contribution is 2.71. The molecule has 1 aromatic carbocycles. The van der Waals surface area contributed by atoms with E-state index in [1.165, 1.54) is 20.1 Å². The van der Waals surface area contributed by atoms with Crippen molar-refractivity contribution in [3.05, 3.63) is 53.6 Å². The molecule has 0 radical (unpaired) electrons. The highest BCUT2D eigenvalue weighted by Gasteiger charge is 2.81. The molecule has 6 N–H and O–H groups in total. The third-order valence-corrected chi connectivity index (χ3v) is 19.8. The van der Waals surface area contributed by atoms with E-state index >= 15 is 0 Å². The number of ether oxygens (including phenoxy) is 13. The fourth-order valence-electron chi connectivity index (χ4n) is 15.2. The smallest absolute Gasteiger partial charge is 0.331 e. The first-order valence-corrected chi connectivity index (χ1v) is 28.2. The molecular formula is C58H88O20. The van der Waals surface area contributed by atoms with Crippen molar-refractivity contribution in [3.8, 4) is 0 Å². The zero-order valence-corrected chi connectivity index (χ0v) is 47.2. The van der Waals surface area contributed by atoms with Crippen LogP contribution in [0.15, 0.2) is 48.1 Å². The number of rotatable bonds is 16. The van der Waals surface area contributed by atoms with Gasteiger partial charge in [0.05, 0.1) is 60.4 Å². The highest BCUT2D eigenvalue weighted by atomic mass is 16.8. The molecule has 20 heteroatoms. The summed E-state index contributed by atoms with van der Waals surface area (Å²) < 4.78 is 81.1. The van der Waals surface area contributed by atoms with Crippen LogP contribution in [0.2, 0.25) is 0 Å². The van der Waals surface area contributed by atoms with Crippen LogP contribution < -0.4 is 0 Å². The van der Waals surface area contributed by atoms with Crippen molar-refractivity contribution in [1.29, 1.82) is 0 Å². The summed E-state index contributed by atoms with van der Waals surface area (Å²) in [6, 6.07) is 9.34. The Hall–Kier alpha value is -2.55. The van der Waals surface area contributed by atoms with E-state index in [9.17, 15) is 35.4 Å². The van der Waals surface area contributed by atoms with Crippen molar-refractivity contribution in [2.75, 3.05) is 28.4 Å². The van der Waals surface area contributed by atoms with Crippen LogP contribution in [-0.4, -0.2) is 205 Å². The maximum atomic E-state index is 13.6. The molecular weight excluding hydrogens is 1020 g/mol. The summed E-state index contributed by atoms with van der Waals surface area (Å²) in [5, 5.41) is 70.8. The predicted octanol–water partition coefficient (Wildman–Crippen LogP) is 4.00. The Kier molecular flexibility index (Phi) is 18.2. The zero-order valence-electron chi connectivity index (χ0n) is 47.2. The third kappa shape index (κ3) is 10.6. The van der Waals surface area contributed by atoms with Gasteiger partial charge in [-0.15, -0.1) is 0 Å². The number of esters is 1. The Bertz CT molecular complexity index is 2250. The number of hydrogen-bond acceptors (Lipinski definition) is 20. The van der Waals surface area contributed by atoms with Crippen molar-refractivity contribution in [1.82, 2.24) is 0 Å². The second-order valence-corrected chi connectivity index (χ2v) is 23.9. The van der Waals surface area contributed by atoms with Crippen LogP contribution in [0.4, 0.5) is 0 Å². The number of fused-ring (bicyclic) bond motifs is 5. The number of carbonyl (C=O) groups excluding carboxylic acids is 1. The molecule has 4 saturated heterocycles. The van der Waals surface area contributed by atoms with Crippen LogP contribution in [0, 0.1) is 16.7 Å². The van der Waals surface area contributed by atoms with E-state index in [-0.39, 0.29) is 31.8 Å². The minimum absolute atomic E-state index is 0.00562. The normalized spacial score (nSPS) is 49.1. The van der Waals surface area contributed by atoms with Crippen molar-refractivity contribution in [2.45, 2.75) is 252 Å².